The Bertz CT molecular complexity index is 2740. The lowest BCUT2D eigenvalue weighted by Gasteiger charge is -2.22. The van der Waals surface area contributed by atoms with Crippen LogP contribution < -0.4 is 0 Å². The Balaban J connectivity index is 1.10. The fourth-order valence-electron chi connectivity index (χ4n) is 7.90. The average Bonchev–Trinajstić information content (AvgIpc) is 3.71. The van der Waals surface area contributed by atoms with Crippen LogP contribution in [0.1, 0.15) is 25.0 Å². The lowest BCUT2D eigenvalue weighted by molar-refractivity contribution is 0.660. The Labute approximate surface area is 307 Å². The van der Waals surface area contributed by atoms with Crippen LogP contribution in [0, 0.1) is 0 Å². The quantitative estimate of drug-likeness (QED) is 0.181. The lowest BCUT2D eigenvalue weighted by Crippen LogP contribution is -2.14. The Kier molecular flexibility index (Phi) is 7.02. The van der Waals surface area contributed by atoms with Crippen molar-refractivity contribution in [1.29, 1.82) is 0 Å². The van der Waals surface area contributed by atoms with Gasteiger partial charge in [0.15, 0.2) is 17.5 Å². The average molecular weight is 684 g/mol. The molecule has 0 spiro atoms. The smallest absolute Gasteiger partial charge is 0.165 e. The van der Waals surface area contributed by atoms with Crippen molar-refractivity contribution in [2.24, 2.45) is 0 Å². The van der Waals surface area contributed by atoms with E-state index in [1.165, 1.54) is 64.7 Å². The first-order chi connectivity index (χ1) is 25.5. The van der Waals surface area contributed by atoms with Crippen LogP contribution in [0.3, 0.4) is 0 Å². The van der Waals surface area contributed by atoms with Gasteiger partial charge in [-0.25, -0.2) is 15.0 Å². The summed E-state index contributed by atoms with van der Waals surface area (Å²) in [5.41, 5.74) is 13.2. The van der Waals surface area contributed by atoms with E-state index in [9.17, 15) is 0 Å². The number of thiophene rings is 1. The molecule has 1 aliphatic carbocycles. The van der Waals surface area contributed by atoms with Gasteiger partial charge < -0.3 is 0 Å². The standard InChI is InChI=1S/C48H33N3S/c1-48(2)40-19-11-9-17-36(40)37-26-25-34(29-41(37)48)30-21-23-31(24-22-30)35-27-28-39(44-43(35)38-18-10-12-20-42(38)52-44)47-50-45(32-13-5-3-6-14-32)49-46(51-47)33-15-7-4-8-16-33/h3-29H,1-2H3. The van der Waals surface area contributed by atoms with Crippen molar-refractivity contribution in [2.75, 3.05) is 0 Å². The van der Waals surface area contributed by atoms with Crippen molar-refractivity contribution in [3.05, 3.63) is 175 Å². The number of benzene rings is 7. The van der Waals surface area contributed by atoms with Gasteiger partial charge in [0.05, 0.1) is 0 Å². The molecule has 4 heteroatoms. The van der Waals surface area contributed by atoms with Gasteiger partial charge in [0.25, 0.3) is 0 Å². The zero-order valence-corrected chi connectivity index (χ0v) is 29.7. The molecule has 2 aromatic heterocycles. The van der Waals surface area contributed by atoms with Gasteiger partial charge in [-0.1, -0.05) is 159 Å². The molecule has 0 fully saturated rings. The van der Waals surface area contributed by atoms with Crippen LogP contribution in [0.5, 0.6) is 0 Å². The molecule has 2 heterocycles. The van der Waals surface area contributed by atoms with Crippen molar-refractivity contribution in [3.8, 4) is 67.5 Å². The molecule has 246 valence electrons. The molecule has 3 nitrogen and oxygen atoms in total. The molecular weight excluding hydrogens is 651 g/mol. The van der Waals surface area contributed by atoms with Gasteiger partial charge in [0.1, 0.15) is 0 Å². The van der Waals surface area contributed by atoms with Crippen LogP contribution in [0.4, 0.5) is 0 Å². The van der Waals surface area contributed by atoms with Gasteiger partial charge >= 0.3 is 0 Å². The molecule has 0 atom stereocenters. The summed E-state index contributed by atoms with van der Waals surface area (Å²) < 4.78 is 2.41. The molecular formula is C48H33N3S. The van der Waals surface area contributed by atoms with Crippen molar-refractivity contribution in [2.45, 2.75) is 19.3 Å². The van der Waals surface area contributed by atoms with E-state index >= 15 is 0 Å². The Morgan fingerprint density at radius 1 is 0.404 bits per heavy atom. The molecule has 10 rings (SSSR count). The molecule has 0 bridgehead atoms. The SMILES string of the molecule is CC1(C)c2ccccc2-c2ccc(-c3ccc(-c4ccc(-c5nc(-c6ccccc6)nc(-c6ccccc6)n5)c5sc6ccccc6c45)cc3)cc21. The summed E-state index contributed by atoms with van der Waals surface area (Å²) in [4.78, 5) is 15.1. The predicted molar refractivity (Wildman–Crippen MR) is 217 cm³/mol. The van der Waals surface area contributed by atoms with Crippen molar-refractivity contribution in [3.63, 3.8) is 0 Å². The van der Waals surface area contributed by atoms with Crippen molar-refractivity contribution in [1.82, 2.24) is 15.0 Å². The number of hydrogen-bond donors (Lipinski definition) is 0. The number of nitrogens with zero attached hydrogens (tertiary/aromatic N) is 3. The van der Waals surface area contributed by atoms with Crippen LogP contribution in [-0.4, -0.2) is 15.0 Å². The first-order valence-corrected chi connectivity index (χ1v) is 18.5. The summed E-state index contributed by atoms with van der Waals surface area (Å²) in [7, 11) is 0. The summed E-state index contributed by atoms with van der Waals surface area (Å²) in [6.45, 7) is 4.68. The van der Waals surface area contributed by atoms with Gasteiger partial charge in [-0.05, 0) is 62.7 Å². The van der Waals surface area contributed by atoms with Crippen LogP contribution >= 0.6 is 11.3 Å². The monoisotopic (exact) mass is 683 g/mol. The van der Waals surface area contributed by atoms with Gasteiger partial charge in [-0.3, -0.25) is 0 Å². The second-order valence-corrected chi connectivity index (χ2v) is 15.1. The molecule has 1 aliphatic rings. The predicted octanol–water partition coefficient (Wildman–Crippen LogP) is 12.9. The van der Waals surface area contributed by atoms with Crippen LogP contribution in [-0.2, 0) is 5.41 Å². The highest BCUT2D eigenvalue weighted by Gasteiger charge is 2.35. The van der Waals surface area contributed by atoms with Crippen molar-refractivity contribution >= 4 is 31.5 Å². The van der Waals surface area contributed by atoms with Crippen molar-refractivity contribution < 1.29 is 0 Å². The third kappa shape index (κ3) is 4.90. The normalized spacial score (nSPS) is 13.0. The maximum Gasteiger partial charge on any atom is 0.165 e. The highest BCUT2D eigenvalue weighted by Crippen LogP contribution is 2.50. The van der Waals surface area contributed by atoms with Crippen LogP contribution in [0.2, 0.25) is 0 Å². The minimum Gasteiger partial charge on any atom is -0.208 e. The van der Waals surface area contributed by atoms with Crippen LogP contribution in [0.25, 0.3) is 87.7 Å². The first-order valence-electron chi connectivity index (χ1n) is 17.7. The van der Waals surface area contributed by atoms with E-state index in [4.69, 9.17) is 15.0 Å². The number of hydrogen-bond acceptors (Lipinski definition) is 4. The molecule has 0 N–H and O–H groups in total. The Morgan fingerprint density at radius 2 is 0.942 bits per heavy atom. The summed E-state index contributed by atoms with van der Waals surface area (Å²) in [5, 5.41) is 2.47. The summed E-state index contributed by atoms with van der Waals surface area (Å²) >= 11 is 1.80. The largest absolute Gasteiger partial charge is 0.208 e. The molecule has 7 aromatic carbocycles. The minimum absolute atomic E-state index is 0.0303. The second kappa shape index (κ2) is 11.9. The van der Waals surface area contributed by atoms with E-state index in [0.29, 0.717) is 17.5 Å². The zero-order valence-electron chi connectivity index (χ0n) is 28.8. The van der Waals surface area contributed by atoms with E-state index in [-0.39, 0.29) is 5.41 Å². The van der Waals surface area contributed by atoms with Gasteiger partial charge in [-0.2, -0.15) is 0 Å². The molecule has 0 aliphatic heterocycles. The maximum atomic E-state index is 5.10. The molecule has 9 aromatic rings. The number of aromatic nitrogens is 3. The molecule has 0 radical (unpaired) electrons. The first kappa shape index (κ1) is 30.6. The highest BCUT2D eigenvalue weighted by atomic mass is 32.1. The Hall–Kier alpha value is -6.23. The number of fused-ring (bicyclic) bond motifs is 6. The molecule has 0 amide bonds. The van der Waals surface area contributed by atoms with E-state index in [1.54, 1.807) is 11.3 Å². The lowest BCUT2D eigenvalue weighted by atomic mass is 9.81. The molecule has 0 saturated carbocycles. The van der Waals surface area contributed by atoms with E-state index < -0.39 is 0 Å². The third-order valence-electron chi connectivity index (χ3n) is 10.6. The minimum atomic E-state index is -0.0303. The van der Waals surface area contributed by atoms with E-state index in [0.717, 1.165) is 16.7 Å². The van der Waals surface area contributed by atoms with Gasteiger partial charge in [0.2, 0.25) is 0 Å². The summed E-state index contributed by atoms with van der Waals surface area (Å²) in [6, 6.07) is 58.3. The fraction of sp³-hybridized carbons (Fsp3) is 0.0625. The second-order valence-electron chi connectivity index (χ2n) is 14.0. The highest BCUT2D eigenvalue weighted by molar-refractivity contribution is 7.26. The topological polar surface area (TPSA) is 38.7 Å². The molecule has 52 heavy (non-hydrogen) atoms. The summed E-state index contributed by atoms with van der Waals surface area (Å²) in [5.74, 6) is 2.00. The maximum absolute atomic E-state index is 5.10. The molecule has 0 saturated heterocycles. The van der Waals surface area contributed by atoms with Gasteiger partial charge in [0, 0.05) is 42.3 Å². The summed E-state index contributed by atoms with van der Waals surface area (Å²) in [6.07, 6.45) is 0. The molecule has 0 unspecified atom stereocenters. The van der Waals surface area contributed by atoms with Gasteiger partial charge in [-0.15, -0.1) is 11.3 Å². The third-order valence-corrected chi connectivity index (χ3v) is 11.8. The van der Waals surface area contributed by atoms with E-state index in [1.807, 2.05) is 36.4 Å². The van der Waals surface area contributed by atoms with Crippen LogP contribution in [0.15, 0.2) is 164 Å². The number of rotatable bonds is 5. The fourth-order valence-corrected chi connectivity index (χ4v) is 9.14. The Morgan fingerprint density at radius 3 is 1.67 bits per heavy atom. The van der Waals surface area contributed by atoms with E-state index in [2.05, 4.69) is 141 Å². The zero-order chi connectivity index (χ0) is 34.8.